The number of nitriles is 1. The lowest BCUT2D eigenvalue weighted by molar-refractivity contribution is 0.744. The van der Waals surface area contributed by atoms with Crippen molar-refractivity contribution in [2.75, 3.05) is 10.2 Å². The van der Waals surface area contributed by atoms with Gasteiger partial charge in [0.2, 0.25) is 0 Å². The molecule has 7 aromatic carbocycles. The van der Waals surface area contributed by atoms with Crippen LogP contribution in [0.25, 0.3) is 59.5 Å². The normalized spacial score (nSPS) is 17.9. The van der Waals surface area contributed by atoms with Crippen molar-refractivity contribution in [3.05, 3.63) is 193 Å². The number of allylic oxidation sites excluding steroid dienone is 2. The van der Waals surface area contributed by atoms with E-state index >= 15 is 0 Å². The van der Waals surface area contributed by atoms with Gasteiger partial charge in [0.1, 0.15) is 16.9 Å². The topological polar surface area (TPSA) is 56.4 Å². The van der Waals surface area contributed by atoms with Gasteiger partial charge >= 0.3 is 0 Å². The van der Waals surface area contributed by atoms with Gasteiger partial charge in [-0.3, -0.25) is 0 Å². The largest absolute Gasteiger partial charge is 0.369 e. The summed E-state index contributed by atoms with van der Waals surface area (Å²) in [5.74, 6) is 1.17. The second-order valence-electron chi connectivity index (χ2n) is 14.9. The lowest BCUT2D eigenvalue weighted by Crippen LogP contribution is -2.44. The highest BCUT2D eigenvalue weighted by molar-refractivity contribution is 7.23. The Kier molecular flexibility index (Phi) is 6.90. The Labute approximate surface area is 333 Å². The molecule has 4 heterocycles. The highest BCUT2D eigenvalue weighted by Gasteiger charge is 2.43. The molecule has 0 spiro atoms. The molecule has 0 saturated heterocycles. The molecule has 3 atom stereocenters. The molecule has 0 amide bonds. The second kappa shape index (κ2) is 12.3. The van der Waals surface area contributed by atoms with Crippen molar-refractivity contribution < 1.29 is 0 Å². The van der Waals surface area contributed by atoms with E-state index in [2.05, 4.69) is 185 Å². The zero-order chi connectivity index (χ0) is 37.6. The number of nitrogens with one attached hydrogen (secondary N) is 1. The Morgan fingerprint density at radius 3 is 2.44 bits per heavy atom. The van der Waals surface area contributed by atoms with Gasteiger partial charge in [-0.2, -0.15) is 5.26 Å². The summed E-state index contributed by atoms with van der Waals surface area (Å²) in [5, 5.41) is 20.7. The van der Waals surface area contributed by atoms with E-state index in [-0.39, 0.29) is 18.0 Å². The van der Waals surface area contributed by atoms with Crippen LogP contribution in [0, 0.1) is 23.5 Å². The summed E-state index contributed by atoms with van der Waals surface area (Å²) in [6.45, 7) is 0. The van der Waals surface area contributed by atoms with Gasteiger partial charge in [-0.1, -0.05) is 121 Å². The molecule has 0 bridgehead atoms. The third-order valence-corrected chi connectivity index (χ3v) is 12.9. The molecule has 2 aromatic heterocycles. The lowest BCUT2D eigenvalue weighted by atomic mass is 9.90. The number of amidine groups is 1. The van der Waals surface area contributed by atoms with E-state index in [1.54, 1.807) is 17.4 Å². The fraction of sp³-hybridized carbons (Fsp3) is 0.0588. The van der Waals surface area contributed by atoms with Crippen LogP contribution < -0.4 is 10.2 Å². The molecule has 5 nitrogen and oxygen atoms in total. The number of hydrogen-bond donors (Lipinski definition) is 1. The van der Waals surface area contributed by atoms with Gasteiger partial charge in [0.15, 0.2) is 0 Å². The fourth-order valence-electron chi connectivity index (χ4n) is 9.33. The van der Waals surface area contributed by atoms with E-state index in [0.717, 1.165) is 48.9 Å². The minimum atomic E-state index is -0.277. The Hall–Kier alpha value is -7.38. The third-order valence-electron chi connectivity index (χ3n) is 11.8. The molecule has 1 N–H and O–H groups in total. The molecule has 2 aliphatic heterocycles. The van der Waals surface area contributed by atoms with Crippen LogP contribution in [-0.4, -0.2) is 16.4 Å². The summed E-state index contributed by atoms with van der Waals surface area (Å²) in [4.78, 5) is 8.26. The lowest BCUT2D eigenvalue weighted by Gasteiger charge is -2.36. The summed E-state index contributed by atoms with van der Waals surface area (Å²) in [5.41, 5.74) is 10.6. The summed E-state index contributed by atoms with van der Waals surface area (Å²) in [7, 11) is 0. The van der Waals surface area contributed by atoms with Crippen LogP contribution in [0.3, 0.4) is 0 Å². The summed E-state index contributed by atoms with van der Waals surface area (Å²) >= 11 is 1.70. The molecule has 12 rings (SSSR count). The maximum absolute atomic E-state index is 9.58. The quantitative estimate of drug-likeness (QED) is 0.196. The molecule has 266 valence electrons. The van der Waals surface area contributed by atoms with Gasteiger partial charge in [0.25, 0.3) is 0 Å². The average molecular weight is 746 g/mol. The van der Waals surface area contributed by atoms with Gasteiger partial charge in [0, 0.05) is 49.8 Å². The van der Waals surface area contributed by atoms with Crippen LogP contribution in [0.2, 0.25) is 0 Å². The van der Waals surface area contributed by atoms with E-state index in [1.807, 2.05) is 6.07 Å². The van der Waals surface area contributed by atoms with Crippen molar-refractivity contribution in [1.82, 2.24) is 4.57 Å². The number of thiophene rings is 1. The highest BCUT2D eigenvalue weighted by atomic mass is 32.1. The predicted octanol–water partition coefficient (Wildman–Crippen LogP) is 12.6. The maximum Gasteiger partial charge on any atom is 0.142 e. The van der Waals surface area contributed by atoms with Gasteiger partial charge in [-0.25, -0.2) is 4.99 Å². The number of nitrogens with zero attached hydrogens (tertiary/aromatic N) is 4. The van der Waals surface area contributed by atoms with Gasteiger partial charge in [-0.05, 0) is 76.0 Å². The zero-order valence-electron chi connectivity index (χ0n) is 30.5. The van der Waals surface area contributed by atoms with E-state index in [9.17, 15) is 5.26 Å². The van der Waals surface area contributed by atoms with Crippen LogP contribution in [0.5, 0.6) is 0 Å². The molecule has 0 radical (unpaired) electrons. The van der Waals surface area contributed by atoms with E-state index < -0.39 is 0 Å². The van der Waals surface area contributed by atoms with Crippen molar-refractivity contribution in [1.29, 1.82) is 5.26 Å². The first-order valence-electron chi connectivity index (χ1n) is 19.2. The first-order valence-corrected chi connectivity index (χ1v) is 20.0. The SMILES string of the molecule is N#Cc1cc#cc(-c2ccc3c4c(sc3c2)N=C(N2c3cc5ccccc5cc3C3C=CC=CC32)C(c2cccc3c2c2ccccc2n3-c2ccccc2)N4)c1. The number of para-hydroxylation sites is 2. The highest BCUT2D eigenvalue weighted by Crippen LogP contribution is 2.53. The minimum Gasteiger partial charge on any atom is -0.369 e. The number of benzene rings is 6. The zero-order valence-corrected chi connectivity index (χ0v) is 31.3. The molecule has 9 aromatic rings. The van der Waals surface area contributed by atoms with Crippen LogP contribution in [-0.2, 0) is 0 Å². The number of aromatic nitrogens is 1. The Balaban J connectivity index is 1.11. The first-order chi connectivity index (χ1) is 28.2. The third kappa shape index (κ3) is 4.78. The van der Waals surface area contributed by atoms with Crippen molar-refractivity contribution in [3.8, 4) is 22.9 Å². The Morgan fingerprint density at radius 1 is 0.737 bits per heavy atom. The summed E-state index contributed by atoms with van der Waals surface area (Å²) in [6.07, 6.45) is 9.05. The van der Waals surface area contributed by atoms with E-state index in [4.69, 9.17) is 4.99 Å². The molecule has 0 fully saturated rings. The average Bonchev–Trinajstić information content (AvgIpc) is 3.92. The second-order valence-corrected chi connectivity index (χ2v) is 16.0. The monoisotopic (exact) mass is 745 g/mol. The van der Waals surface area contributed by atoms with Crippen molar-refractivity contribution in [3.63, 3.8) is 0 Å². The minimum absolute atomic E-state index is 0.0662. The van der Waals surface area contributed by atoms with Crippen molar-refractivity contribution >= 4 is 76.2 Å². The number of hydrogen-bond acceptors (Lipinski definition) is 5. The molecule has 1 aliphatic carbocycles. The summed E-state index contributed by atoms with van der Waals surface area (Å²) in [6, 6.07) is 57.9. The number of aliphatic imine (C=N–C) groups is 1. The van der Waals surface area contributed by atoms with E-state index in [0.29, 0.717) is 5.56 Å². The van der Waals surface area contributed by atoms with Gasteiger partial charge in [0.05, 0.1) is 34.4 Å². The van der Waals surface area contributed by atoms with E-state index in [1.165, 1.54) is 43.9 Å². The number of anilines is 2. The number of fused-ring (bicyclic) bond motifs is 10. The Bertz CT molecular complexity index is 3270. The molecular formula is C51H31N5S. The molecule has 6 heteroatoms. The molecular weight excluding hydrogens is 715 g/mol. The summed E-state index contributed by atoms with van der Waals surface area (Å²) < 4.78 is 3.51. The number of rotatable bonds is 3. The molecule has 0 saturated carbocycles. The van der Waals surface area contributed by atoms with Crippen molar-refractivity contribution in [2.24, 2.45) is 4.99 Å². The predicted molar refractivity (Wildman–Crippen MR) is 235 cm³/mol. The Morgan fingerprint density at radius 2 is 1.54 bits per heavy atom. The van der Waals surface area contributed by atoms with Gasteiger partial charge in [-0.15, -0.1) is 11.3 Å². The smallest absolute Gasteiger partial charge is 0.142 e. The van der Waals surface area contributed by atoms with Crippen LogP contribution in [0.15, 0.2) is 169 Å². The fourth-order valence-corrected chi connectivity index (χ4v) is 10.4. The molecule has 3 aliphatic rings. The molecule has 57 heavy (non-hydrogen) atoms. The van der Waals surface area contributed by atoms with Crippen LogP contribution in [0.4, 0.5) is 16.4 Å². The van der Waals surface area contributed by atoms with Crippen LogP contribution >= 0.6 is 11.3 Å². The van der Waals surface area contributed by atoms with Crippen molar-refractivity contribution in [2.45, 2.75) is 18.0 Å². The van der Waals surface area contributed by atoms with Gasteiger partial charge < -0.3 is 14.8 Å². The van der Waals surface area contributed by atoms with Crippen LogP contribution in [0.1, 0.15) is 28.7 Å². The molecule has 3 unspecified atom stereocenters. The standard InChI is InChI=1S/C51H31N5S/c52-30-31-12-10-15-32(26-31)35-24-25-39-46(29-35)57-51-49(39)53-48(40-20-11-23-44-47(40)38-19-7-9-22-43(38)55(44)36-16-2-1-3-17-36)50(54-51)56-42-21-8-6-18-37(42)41-27-33-13-4-5-14-34(33)28-45(41)56/h1-9,11-14,16-29,37,42,48,53H. The first kappa shape index (κ1) is 31.9. The maximum atomic E-state index is 9.58.